The van der Waals surface area contributed by atoms with Crippen molar-refractivity contribution in [3.63, 3.8) is 0 Å². The number of carbonyl (C=O) groups excluding carboxylic acids is 3. The predicted octanol–water partition coefficient (Wildman–Crippen LogP) is 4.18. The number of rotatable bonds is 6. The summed E-state index contributed by atoms with van der Waals surface area (Å²) in [6.45, 7) is 12.0. The molecule has 1 saturated heterocycles. The fourth-order valence-electron chi connectivity index (χ4n) is 3.51. The molecule has 2 N–H and O–H groups in total. The molecule has 0 bridgehead atoms. The lowest BCUT2D eigenvalue weighted by Crippen LogP contribution is -2.46. The quantitative estimate of drug-likeness (QED) is 0.686. The van der Waals surface area contributed by atoms with E-state index >= 15 is 0 Å². The van der Waals surface area contributed by atoms with Gasteiger partial charge in [0.1, 0.15) is 5.60 Å². The van der Waals surface area contributed by atoms with Gasteiger partial charge in [-0.15, -0.1) is 0 Å². The molecule has 1 aromatic rings. The molecule has 2 rings (SSSR count). The highest BCUT2D eigenvalue weighted by molar-refractivity contribution is 5.95. The molecule has 1 heterocycles. The molecule has 1 atom stereocenters. The van der Waals surface area contributed by atoms with Crippen LogP contribution >= 0.6 is 0 Å². The minimum absolute atomic E-state index is 0.121. The Balaban J connectivity index is 1.86. The number of ether oxygens (including phenoxy) is 1. The predicted molar refractivity (Wildman–Crippen MR) is 126 cm³/mol. The second-order valence-electron chi connectivity index (χ2n) is 9.93. The third-order valence-corrected chi connectivity index (χ3v) is 5.11. The fourth-order valence-corrected chi connectivity index (χ4v) is 3.51. The molecule has 1 aliphatic heterocycles. The van der Waals surface area contributed by atoms with Gasteiger partial charge >= 0.3 is 12.1 Å². The number of anilines is 1. The average Bonchev–Trinajstić information content (AvgIpc) is 2.71. The standard InChI is InChI=1S/C24H38N4O4/c1-17(2)14-25-21(29)19-9-11-20(12-10-19)26-22(30)28-13-7-8-18(16-28)15-27(6)23(31)32-24(3,4)5/h9-12,17-18H,7-8,13-16H2,1-6H3,(H,25,29)(H,26,30). The van der Waals surface area contributed by atoms with E-state index in [0.29, 0.717) is 43.3 Å². The number of amides is 4. The Morgan fingerprint density at radius 3 is 2.44 bits per heavy atom. The molecule has 8 heteroatoms. The van der Waals surface area contributed by atoms with Crippen LogP contribution in [0.15, 0.2) is 24.3 Å². The zero-order chi connectivity index (χ0) is 23.9. The molecule has 32 heavy (non-hydrogen) atoms. The first kappa shape index (κ1) is 25.5. The summed E-state index contributed by atoms with van der Waals surface area (Å²) in [5.41, 5.74) is 0.671. The number of likely N-dealkylation sites (tertiary alicyclic amines) is 1. The van der Waals surface area contributed by atoms with Crippen LogP contribution in [-0.2, 0) is 4.74 Å². The maximum absolute atomic E-state index is 12.7. The average molecular weight is 447 g/mol. The van der Waals surface area contributed by atoms with E-state index in [1.54, 1.807) is 41.1 Å². The minimum Gasteiger partial charge on any atom is -0.444 e. The minimum atomic E-state index is -0.533. The van der Waals surface area contributed by atoms with Crippen LogP contribution in [-0.4, -0.2) is 66.7 Å². The number of benzene rings is 1. The molecular formula is C24H38N4O4. The zero-order valence-corrected chi connectivity index (χ0v) is 20.2. The number of nitrogens with zero attached hydrogens (tertiary/aromatic N) is 2. The number of carbonyl (C=O) groups is 3. The van der Waals surface area contributed by atoms with Gasteiger partial charge in [-0.2, -0.15) is 0 Å². The van der Waals surface area contributed by atoms with Gasteiger partial charge in [0.25, 0.3) is 5.91 Å². The van der Waals surface area contributed by atoms with Crippen LogP contribution in [0.5, 0.6) is 0 Å². The molecule has 0 aromatic heterocycles. The van der Waals surface area contributed by atoms with Gasteiger partial charge in [-0.25, -0.2) is 9.59 Å². The van der Waals surface area contributed by atoms with Gasteiger partial charge in [-0.05, 0) is 69.7 Å². The van der Waals surface area contributed by atoms with Gasteiger partial charge < -0.3 is 25.2 Å². The first-order valence-electron chi connectivity index (χ1n) is 11.3. The molecule has 8 nitrogen and oxygen atoms in total. The Hall–Kier alpha value is -2.77. The van der Waals surface area contributed by atoms with E-state index in [4.69, 9.17) is 4.74 Å². The van der Waals surface area contributed by atoms with E-state index in [2.05, 4.69) is 10.6 Å². The smallest absolute Gasteiger partial charge is 0.410 e. The lowest BCUT2D eigenvalue weighted by molar-refractivity contribution is 0.0253. The highest BCUT2D eigenvalue weighted by atomic mass is 16.6. The number of hydrogen-bond acceptors (Lipinski definition) is 4. The van der Waals surface area contributed by atoms with Gasteiger partial charge in [-0.3, -0.25) is 4.79 Å². The Kier molecular flexibility index (Phi) is 8.92. The normalized spacial score (nSPS) is 16.5. The molecule has 1 aromatic carbocycles. The Labute approximate surface area is 191 Å². The second kappa shape index (κ2) is 11.2. The number of urea groups is 1. The van der Waals surface area contributed by atoms with Crippen LogP contribution < -0.4 is 10.6 Å². The summed E-state index contributed by atoms with van der Waals surface area (Å²) in [5.74, 6) is 0.457. The number of hydrogen-bond donors (Lipinski definition) is 2. The van der Waals surface area contributed by atoms with Crippen LogP contribution in [0.2, 0.25) is 0 Å². The van der Waals surface area contributed by atoms with Crippen molar-refractivity contribution in [2.24, 2.45) is 11.8 Å². The Bertz CT molecular complexity index is 786. The maximum atomic E-state index is 12.7. The van der Waals surface area contributed by atoms with Gasteiger partial charge in [0.2, 0.25) is 0 Å². The summed E-state index contributed by atoms with van der Waals surface area (Å²) in [6.07, 6.45) is 1.49. The molecule has 0 saturated carbocycles. The van der Waals surface area contributed by atoms with Crippen molar-refractivity contribution in [3.05, 3.63) is 29.8 Å². The summed E-state index contributed by atoms with van der Waals surface area (Å²) < 4.78 is 5.41. The SMILES string of the molecule is CC(C)CNC(=O)c1ccc(NC(=O)N2CCCC(CN(C)C(=O)OC(C)(C)C)C2)cc1. The fraction of sp³-hybridized carbons (Fsp3) is 0.625. The van der Waals surface area contributed by atoms with E-state index in [1.807, 2.05) is 34.6 Å². The third-order valence-electron chi connectivity index (χ3n) is 5.11. The lowest BCUT2D eigenvalue weighted by atomic mass is 9.98. The molecule has 0 radical (unpaired) electrons. The summed E-state index contributed by atoms with van der Waals surface area (Å²) in [7, 11) is 1.73. The van der Waals surface area contributed by atoms with Crippen LogP contribution in [0.4, 0.5) is 15.3 Å². The van der Waals surface area contributed by atoms with Crippen LogP contribution in [0.1, 0.15) is 57.8 Å². The summed E-state index contributed by atoms with van der Waals surface area (Å²) in [6, 6.07) is 6.71. The molecule has 178 valence electrons. The number of piperidine rings is 1. The maximum Gasteiger partial charge on any atom is 0.410 e. The van der Waals surface area contributed by atoms with E-state index in [-0.39, 0.29) is 23.9 Å². The second-order valence-corrected chi connectivity index (χ2v) is 9.93. The summed E-state index contributed by atoms with van der Waals surface area (Å²) in [4.78, 5) is 40.5. The summed E-state index contributed by atoms with van der Waals surface area (Å²) >= 11 is 0. The van der Waals surface area contributed by atoms with Gasteiger partial charge in [-0.1, -0.05) is 13.8 Å². The van der Waals surface area contributed by atoms with Crippen molar-refractivity contribution in [2.45, 2.75) is 53.1 Å². The molecule has 1 unspecified atom stereocenters. The summed E-state index contributed by atoms with van der Waals surface area (Å²) in [5, 5.41) is 5.79. The molecular weight excluding hydrogens is 408 g/mol. The van der Waals surface area contributed by atoms with Crippen molar-refractivity contribution in [1.82, 2.24) is 15.1 Å². The largest absolute Gasteiger partial charge is 0.444 e. The van der Waals surface area contributed by atoms with E-state index in [0.717, 1.165) is 12.8 Å². The van der Waals surface area contributed by atoms with Crippen molar-refractivity contribution < 1.29 is 19.1 Å². The topological polar surface area (TPSA) is 91.0 Å². The third kappa shape index (κ3) is 8.40. The first-order valence-corrected chi connectivity index (χ1v) is 11.3. The zero-order valence-electron chi connectivity index (χ0n) is 20.2. The Morgan fingerprint density at radius 2 is 1.84 bits per heavy atom. The van der Waals surface area contributed by atoms with Crippen molar-refractivity contribution in [1.29, 1.82) is 0 Å². The van der Waals surface area contributed by atoms with Gasteiger partial charge in [0, 0.05) is 44.5 Å². The highest BCUT2D eigenvalue weighted by Crippen LogP contribution is 2.20. The van der Waals surface area contributed by atoms with Crippen LogP contribution in [0, 0.1) is 11.8 Å². The molecule has 0 spiro atoms. The van der Waals surface area contributed by atoms with E-state index in [9.17, 15) is 14.4 Å². The van der Waals surface area contributed by atoms with Crippen molar-refractivity contribution in [3.8, 4) is 0 Å². The number of nitrogens with one attached hydrogen (secondary N) is 2. The van der Waals surface area contributed by atoms with E-state index < -0.39 is 5.60 Å². The van der Waals surface area contributed by atoms with Gasteiger partial charge in [0.15, 0.2) is 0 Å². The van der Waals surface area contributed by atoms with E-state index in [1.165, 1.54) is 0 Å². The van der Waals surface area contributed by atoms with Crippen LogP contribution in [0.25, 0.3) is 0 Å². The first-order chi connectivity index (χ1) is 14.9. The van der Waals surface area contributed by atoms with Crippen molar-refractivity contribution >= 4 is 23.7 Å². The molecule has 4 amide bonds. The van der Waals surface area contributed by atoms with Gasteiger partial charge in [0.05, 0.1) is 0 Å². The van der Waals surface area contributed by atoms with Crippen LogP contribution in [0.3, 0.4) is 0 Å². The highest BCUT2D eigenvalue weighted by Gasteiger charge is 2.27. The lowest BCUT2D eigenvalue weighted by Gasteiger charge is -2.35. The van der Waals surface area contributed by atoms with Crippen molar-refractivity contribution in [2.75, 3.05) is 38.5 Å². The molecule has 1 fully saturated rings. The monoisotopic (exact) mass is 446 g/mol. The Morgan fingerprint density at radius 1 is 1.19 bits per heavy atom. The molecule has 1 aliphatic rings. The molecule has 0 aliphatic carbocycles.